The van der Waals surface area contributed by atoms with Gasteiger partial charge >= 0.3 is 6.09 Å². The summed E-state index contributed by atoms with van der Waals surface area (Å²) in [6, 6.07) is 14.3. The second-order valence-electron chi connectivity index (χ2n) is 6.04. The number of alkyl halides is 1. The summed E-state index contributed by atoms with van der Waals surface area (Å²) in [4.78, 5) is 18.1. The molecule has 1 amide bonds. The number of hydrogen-bond acceptors (Lipinski definition) is 4. The topological polar surface area (TPSA) is 32.8 Å². The Bertz CT molecular complexity index is 801. The molecule has 138 valence electrons. The van der Waals surface area contributed by atoms with Gasteiger partial charge in [-0.2, -0.15) is 0 Å². The zero-order valence-electron chi connectivity index (χ0n) is 14.6. The van der Waals surface area contributed by atoms with Crippen LogP contribution in [0.3, 0.4) is 0 Å². The molecule has 0 bridgehead atoms. The van der Waals surface area contributed by atoms with Crippen molar-refractivity contribution >= 4 is 52.4 Å². The molecule has 0 aliphatic carbocycles. The lowest BCUT2D eigenvalue weighted by Crippen LogP contribution is -2.32. The smallest absolute Gasteiger partial charge is 0.410 e. The summed E-state index contributed by atoms with van der Waals surface area (Å²) in [5, 5.41) is 0.713. The fourth-order valence-corrected chi connectivity index (χ4v) is 4.15. The van der Waals surface area contributed by atoms with E-state index in [4.69, 9.17) is 27.9 Å². The van der Waals surface area contributed by atoms with E-state index in [-0.39, 0.29) is 0 Å². The van der Waals surface area contributed by atoms with E-state index in [1.807, 2.05) is 24.3 Å². The Morgan fingerprint density at radius 1 is 1.23 bits per heavy atom. The normalized spacial score (nSPS) is 13.6. The number of fused-ring (bicyclic) bond motifs is 2. The molecule has 0 spiro atoms. The Morgan fingerprint density at radius 2 is 1.96 bits per heavy atom. The van der Waals surface area contributed by atoms with Crippen LogP contribution in [-0.2, 0) is 4.74 Å². The standard InChI is InChI=1S/C19H20Cl2N2O2S/c1-13(20)25-19(24)22(2)10-5-11-23-15-6-3-4-7-17(15)26-18-9-8-14(21)12-16(18)23/h3-4,6-9,12-13H,5,10-11H2,1-2H3. The molecule has 0 aromatic heterocycles. The molecule has 3 rings (SSSR count). The Morgan fingerprint density at radius 3 is 2.73 bits per heavy atom. The van der Waals surface area contributed by atoms with Gasteiger partial charge in [0.1, 0.15) is 0 Å². The Balaban J connectivity index is 1.73. The van der Waals surface area contributed by atoms with Crippen LogP contribution >= 0.6 is 35.0 Å². The van der Waals surface area contributed by atoms with Crippen molar-refractivity contribution in [2.45, 2.75) is 28.7 Å². The molecule has 1 aliphatic heterocycles. The highest BCUT2D eigenvalue weighted by Crippen LogP contribution is 2.48. The van der Waals surface area contributed by atoms with Gasteiger partial charge in [0.15, 0.2) is 5.56 Å². The molecule has 1 atom stereocenters. The molecule has 4 nitrogen and oxygen atoms in total. The predicted octanol–water partition coefficient (Wildman–Crippen LogP) is 5.99. The van der Waals surface area contributed by atoms with Crippen LogP contribution in [0.25, 0.3) is 0 Å². The minimum atomic E-state index is -0.634. The van der Waals surface area contributed by atoms with Gasteiger partial charge in [-0.15, -0.1) is 0 Å². The number of ether oxygens (including phenoxy) is 1. The van der Waals surface area contributed by atoms with Gasteiger partial charge in [0.25, 0.3) is 0 Å². The zero-order valence-corrected chi connectivity index (χ0v) is 16.9. The van der Waals surface area contributed by atoms with E-state index in [0.29, 0.717) is 11.6 Å². The third-order valence-electron chi connectivity index (χ3n) is 4.04. The van der Waals surface area contributed by atoms with Gasteiger partial charge in [-0.25, -0.2) is 4.79 Å². The van der Waals surface area contributed by atoms with Crippen LogP contribution in [0, 0.1) is 0 Å². The van der Waals surface area contributed by atoms with Crippen LogP contribution in [0.5, 0.6) is 0 Å². The van der Waals surface area contributed by atoms with E-state index in [2.05, 4.69) is 23.1 Å². The van der Waals surface area contributed by atoms with Gasteiger partial charge in [-0.05, 0) is 43.7 Å². The average Bonchev–Trinajstić information content (AvgIpc) is 2.60. The third kappa shape index (κ3) is 4.40. The lowest BCUT2D eigenvalue weighted by molar-refractivity contribution is 0.104. The van der Waals surface area contributed by atoms with E-state index < -0.39 is 11.7 Å². The second kappa shape index (κ2) is 8.42. The highest BCUT2D eigenvalue weighted by atomic mass is 35.5. The number of hydrogen-bond donors (Lipinski definition) is 0. The summed E-state index contributed by atoms with van der Waals surface area (Å²) >= 11 is 13.7. The number of nitrogens with zero attached hydrogens (tertiary/aromatic N) is 2. The average molecular weight is 411 g/mol. The molecule has 0 radical (unpaired) electrons. The van der Waals surface area contributed by atoms with Crippen molar-refractivity contribution in [3.05, 3.63) is 47.5 Å². The van der Waals surface area contributed by atoms with E-state index in [0.717, 1.165) is 24.3 Å². The van der Waals surface area contributed by atoms with E-state index in [1.165, 1.54) is 9.79 Å². The lowest BCUT2D eigenvalue weighted by Gasteiger charge is -2.33. The minimum absolute atomic E-state index is 0.412. The first-order valence-corrected chi connectivity index (χ1v) is 9.98. The summed E-state index contributed by atoms with van der Waals surface area (Å²) in [6.07, 6.45) is 0.373. The maximum Gasteiger partial charge on any atom is 0.410 e. The van der Waals surface area contributed by atoms with Crippen molar-refractivity contribution in [3.63, 3.8) is 0 Å². The molecule has 0 N–H and O–H groups in total. The first-order chi connectivity index (χ1) is 12.5. The SMILES string of the molecule is CC(Cl)OC(=O)N(C)CCCN1c2ccccc2Sc2ccc(Cl)cc21. The monoisotopic (exact) mass is 410 g/mol. The molecule has 2 aromatic carbocycles. The number of rotatable bonds is 5. The van der Waals surface area contributed by atoms with Crippen LogP contribution < -0.4 is 4.90 Å². The van der Waals surface area contributed by atoms with Crippen molar-refractivity contribution in [2.75, 3.05) is 25.0 Å². The van der Waals surface area contributed by atoms with E-state index in [1.54, 1.807) is 30.6 Å². The summed E-state index contributed by atoms with van der Waals surface area (Å²) < 4.78 is 5.00. The van der Waals surface area contributed by atoms with Crippen LogP contribution in [0.2, 0.25) is 5.02 Å². The van der Waals surface area contributed by atoms with Gasteiger partial charge in [-0.3, -0.25) is 0 Å². The van der Waals surface area contributed by atoms with E-state index in [9.17, 15) is 4.79 Å². The zero-order chi connectivity index (χ0) is 18.7. The summed E-state index contributed by atoms with van der Waals surface area (Å²) in [5.41, 5.74) is 1.62. The molecule has 26 heavy (non-hydrogen) atoms. The summed E-state index contributed by atoms with van der Waals surface area (Å²) in [5.74, 6) is 0. The minimum Gasteiger partial charge on any atom is -0.430 e. The number of carbonyl (C=O) groups excluding carboxylic acids is 1. The summed E-state index contributed by atoms with van der Waals surface area (Å²) in [6.45, 7) is 2.96. The maximum atomic E-state index is 11.9. The molecular formula is C19H20Cl2N2O2S. The fraction of sp³-hybridized carbons (Fsp3) is 0.316. The lowest BCUT2D eigenvalue weighted by atomic mass is 10.2. The summed E-state index contributed by atoms with van der Waals surface area (Å²) in [7, 11) is 1.71. The van der Waals surface area contributed by atoms with Gasteiger partial charge in [-0.1, -0.05) is 47.1 Å². The third-order valence-corrected chi connectivity index (χ3v) is 5.49. The highest BCUT2D eigenvalue weighted by Gasteiger charge is 2.23. The van der Waals surface area contributed by atoms with Crippen molar-refractivity contribution in [3.8, 4) is 0 Å². The number of anilines is 2. The molecule has 0 fully saturated rings. The maximum absolute atomic E-state index is 11.9. The molecule has 1 aliphatic rings. The Hall–Kier alpha value is -1.56. The quantitative estimate of drug-likeness (QED) is 0.566. The number of carbonyl (C=O) groups is 1. The number of halogens is 2. The molecule has 2 aromatic rings. The fourth-order valence-electron chi connectivity index (χ4n) is 2.83. The van der Waals surface area contributed by atoms with Crippen LogP contribution in [0.1, 0.15) is 13.3 Å². The predicted molar refractivity (Wildman–Crippen MR) is 108 cm³/mol. The first kappa shape index (κ1) is 19.2. The molecule has 1 heterocycles. The molecule has 0 saturated heterocycles. The van der Waals surface area contributed by atoms with E-state index >= 15 is 0 Å². The van der Waals surface area contributed by atoms with Crippen molar-refractivity contribution < 1.29 is 9.53 Å². The molecule has 7 heteroatoms. The number of amides is 1. The Labute approximate surface area is 168 Å². The van der Waals surface area contributed by atoms with Crippen LogP contribution in [-0.4, -0.2) is 36.7 Å². The van der Waals surface area contributed by atoms with Crippen molar-refractivity contribution in [1.29, 1.82) is 0 Å². The van der Waals surface area contributed by atoms with Gasteiger partial charge < -0.3 is 14.5 Å². The van der Waals surface area contributed by atoms with Crippen LogP contribution in [0.4, 0.5) is 16.2 Å². The van der Waals surface area contributed by atoms with Crippen molar-refractivity contribution in [2.24, 2.45) is 0 Å². The number of benzene rings is 2. The second-order valence-corrected chi connectivity index (χ2v) is 8.17. The number of para-hydroxylation sites is 1. The Kier molecular flexibility index (Phi) is 6.22. The highest BCUT2D eigenvalue weighted by molar-refractivity contribution is 7.99. The molecular weight excluding hydrogens is 391 g/mol. The largest absolute Gasteiger partial charge is 0.430 e. The molecule has 1 unspecified atom stereocenters. The van der Waals surface area contributed by atoms with Gasteiger partial charge in [0.05, 0.1) is 11.4 Å². The van der Waals surface area contributed by atoms with Crippen LogP contribution in [0.15, 0.2) is 52.3 Å². The van der Waals surface area contributed by atoms with Gasteiger partial charge in [0, 0.05) is 35.0 Å². The van der Waals surface area contributed by atoms with Crippen molar-refractivity contribution in [1.82, 2.24) is 4.90 Å². The van der Waals surface area contributed by atoms with Gasteiger partial charge in [0.2, 0.25) is 0 Å². The first-order valence-electron chi connectivity index (χ1n) is 8.35. The molecule has 0 saturated carbocycles.